The smallest absolute Gasteiger partial charge is 0.241 e. The van der Waals surface area contributed by atoms with Gasteiger partial charge in [0.25, 0.3) is 0 Å². The highest BCUT2D eigenvalue weighted by Gasteiger charge is 2.13. The summed E-state index contributed by atoms with van der Waals surface area (Å²) in [6, 6.07) is 6.50. The van der Waals surface area contributed by atoms with E-state index in [1.807, 2.05) is 13.0 Å². The molecule has 0 saturated carbocycles. The fourth-order valence-corrected chi connectivity index (χ4v) is 1.83. The molecule has 4 nitrogen and oxygen atoms in total. The highest BCUT2D eigenvalue weighted by Crippen LogP contribution is 2.23. The van der Waals surface area contributed by atoms with Gasteiger partial charge in [0.2, 0.25) is 5.91 Å². The summed E-state index contributed by atoms with van der Waals surface area (Å²) in [5.74, 6) is -0.211. The second-order valence-corrected chi connectivity index (χ2v) is 4.55. The summed E-state index contributed by atoms with van der Waals surface area (Å²) in [7, 11) is 0. The molecule has 5 heteroatoms. The van der Waals surface area contributed by atoms with Crippen molar-refractivity contribution >= 4 is 27.5 Å². The van der Waals surface area contributed by atoms with Crippen molar-refractivity contribution in [3.8, 4) is 6.07 Å². The van der Waals surface area contributed by atoms with Gasteiger partial charge in [-0.3, -0.25) is 4.79 Å². The Morgan fingerprint density at radius 1 is 1.65 bits per heavy atom. The Kier molecular flexibility index (Phi) is 5.13. The first-order valence-corrected chi connectivity index (χ1v) is 6.14. The maximum Gasteiger partial charge on any atom is 0.241 e. The monoisotopic (exact) mass is 295 g/mol. The van der Waals surface area contributed by atoms with Crippen LogP contribution >= 0.6 is 15.9 Å². The molecule has 0 spiro atoms. The first-order chi connectivity index (χ1) is 8.08. The lowest BCUT2D eigenvalue weighted by molar-refractivity contribution is -0.117. The number of hydrogen-bond donors (Lipinski definition) is 2. The van der Waals surface area contributed by atoms with Gasteiger partial charge in [-0.25, -0.2) is 0 Å². The SMILES string of the molecule is CCCC(N)C(=O)Nc1ccc(C#N)cc1Br. The van der Waals surface area contributed by atoms with Crippen LogP contribution in [0.3, 0.4) is 0 Å². The van der Waals surface area contributed by atoms with Crippen molar-refractivity contribution in [1.29, 1.82) is 5.26 Å². The Morgan fingerprint density at radius 2 is 2.35 bits per heavy atom. The second-order valence-electron chi connectivity index (χ2n) is 3.69. The second kappa shape index (κ2) is 6.38. The van der Waals surface area contributed by atoms with Crippen LogP contribution in [0.25, 0.3) is 0 Å². The Hall–Kier alpha value is -1.38. The van der Waals surface area contributed by atoms with Crippen LogP contribution in [0.5, 0.6) is 0 Å². The number of nitrogens with two attached hydrogens (primary N) is 1. The number of nitriles is 1. The summed E-state index contributed by atoms with van der Waals surface area (Å²) in [5, 5.41) is 11.4. The van der Waals surface area contributed by atoms with Crippen molar-refractivity contribution < 1.29 is 4.79 Å². The van der Waals surface area contributed by atoms with Crippen LogP contribution in [0.1, 0.15) is 25.3 Å². The predicted octanol–water partition coefficient (Wildman–Crippen LogP) is 2.39. The molecule has 1 rings (SSSR count). The normalized spacial score (nSPS) is 11.6. The Labute approximate surface area is 109 Å². The third-order valence-electron chi connectivity index (χ3n) is 2.29. The van der Waals surface area contributed by atoms with Gasteiger partial charge in [-0.1, -0.05) is 13.3 Å². The van der Waals surface area contributed by atoms with E-state index >= 15 is 0 Å². The molecule has 0 bridgehead atoms. The van der Waals surface area contributed by atoms with Crippen molar-refractivity contribution in [3.05, 3.63) is 28.2 Å². The molecule has 1 aromatic carbocycles. The summed E-state index contributed by atoms with van der Waals surface area (Å²) in [5.41, 5.74) is 6.86. The van der Waals surface area contributed by atoms with Crippen molar-refractivity contribution in [1.82, 2.24) is 0 Å². The highest BCUT2D eigenvalue weighted by atomic mass is 79.9. The minimum Gasteiger partial charge on any atom is -0.324 e. The zero-order chi connectivity index (χ0) is 12.8. The average molecular weight is 296 g/mol. The van der Waals surface area contributed by atoms with Crippen LogP contribution in [-0.4, -0.2) is 11.9 Å². The van der Waals surface area contributed by atoms with Crippen molar-refractivity contribution in [2.75, 3.05) is 5.32 Å². The number of carbonyl (C=O) groups excluding carboxylic acids is 1. The predicted molar refractivity (Wildman–Crippen MR) is 70.4 cm³/mol. The maximum absolute atomic E-state index is 11.7. The van der Waals surface area contributed by atoms with E-state index in [9.17, 15) is 4.79 Å². The molecule has 0 aliphatic heterocycles. The summed E-state index contributed by atoms with van der Waals surface area (Å²) in [6.45, 7) is 1.98. The Bertz CT molecular complexity index is 454. The van der Waals surface area contributed by atoms with E-state index in [0.717, 1.165) is 6.42 Å². The molecular weight excluding hydrogens is 282 g/mol. The van der Waals surface area contributed by atoms with E-state index in [1.54, 1.807) is 18.2 Å². The van der Waals surface area contributed by atoms with Crippen molar-refractivity contribution in [2.24, 2.45) is 5.73 Å². The molecule has 1 unspecified atom stereocenters. The average Bonchev–Trinajstić information content (AvgIpc) is 2.31. The molecule has 3 N–H and O–H groups in total. The van der Waals surface area contributed by atoms with Crippen molar-refractivity contribution in [3.63, 3.8) is 0 Å². The molecule has 0 saturated heterocycles. The van der Waals surface area contributed by atoms with E-state index < -0.39 is 6.04 Å². The largest absolute Gasteiger partial charge is 0.324 e. The molecule has 0 aliphatic rings. The summed E-state index contributed by atoms with van der Waals surface area (Å²) in [4.78, 5) is 11.7. The molecule has 1 atom stereocenters. The lowest BCUT2D eigenvalue weighted by atomic mass is 10.1. The number of halogens is 1. The van der Waals surface area contributed by atoms with Gasteiger partial charge in [-0.2, -0.15) is 5.26 Å². The lowest BCUT2D eigenvalue weighted by Gasteiger charge is -2.12. The van der Waals surface area contributed by atoms with Gasteiger partial charge < -0.3 is 11.1 Å². The Balaban J connectivity index is 2.76. The number of benzene rings is 1. The van der Waals surface area contributed by atoms with Crippen molar-refractivity contribution in [2.45, 2.75) is 25.8 Å². The summed E-state index contributed by atoms with van der Waals surface area (Å²) in [6.07, 6.45) is 1.52. The quantitative estimate of drug-likeness (QED) is 0.895. The van der Waals surface area contributed by atoms with E-state index in [2.05, 4.69) is 21.2 Å². The van der Waals surface area contributed by atoms with Gasteiger partial charge >= 0.3 is 0 Å². The molecule has 1 aromatic rings. The fourth-order valence-electron chi connectivity index (χ4n) is 1.35. The van der Waals surface area contributed by atoms with Gasteiger partial charge in [0.15, 0.2) is 0 Å². The topological polar surface area (TPSA) is 78.9 Å². The minimum absolute atomic E-state index is 0.211. The first-order valence-electron chi connectivity index (χ1n) is 5.34. The number of rotatable bonds is 4. The molecule has 90 valence electrons. The van der Waals surface area contributed by atoms with E-state index in [1.165, 1.54) is 0 Å². The van der Waals surface area contributed by atoms with Gasteiger partial charge in [-0.15, -0.1) is 0 Å². The standard InChI is InChI=1S/C12H14BrN3O/c1-2-3-10(15)12(17)16-11-5-4-8(7-14)6-9(11)13/h4-6,10H,2-3,15H2,1H3,(H,16,17). The third kappa shape index (κ3) is 3.84. The number of nitrogens with one attached hydrogen (secondary N) is 1. The zero-order valence-corrected chi connectivity index (χ0v) is 11.1. The highest BCUT2D eigenvalue weighted by molar-refractivity contribution is 9.10. The molecule has 0 aromatic heterocycles. The fraction of sp³-hybridized carbons (Fsp3) is 0.333. The zero-order valence-electron chi connectivity index (χ0n) is 9.53. The summed E-state index contributed by atoms with van der Waals surface area (Å²) < 4.78 is 0.675. The van der Waals surface area contributed by atoms with Crippen LogP contribution in [0.15, 0.2) is 22.7 Å². The summed E-state index contributed by atoms with van der Waals surface area (Å²) >= 11 is 3.30. The number of carbonyl (C=O) groups is 1. The lowest BCUT2D eigenvalue weighted by Crippen LogP contribution is -2.35. The number of nitrogens with zero attached hydrogens (tertiary/aromatic N) is 1. The third-order valence-corrected chi connectivity index (χ3v) is 2.95. The van der Waals surface area contributed by atoms with E-state index in [0.29, 0.717) is 22.1 Å². The first kappa shape index (κ1) is 13.7. The molecule has 0 aliphatic carbocycles. The molecular formula is C12H14BrN3O. The number of anilines is 1. The van der Waals surface area contributed by atoms with Crippen LogP contribution in [0, 0.1) is 11.3 Å². The molecule has 0 radical (unpaired) electrons. The van der Waals surface area contributed by atoms with Crippen LogP contribution in [-0.2, 0) is 4.79 Å². The van der Waals surface area contributed by atoms with Crippen LogP contribution in [0.4, 0.5) is 5.69 Å². The molecule has 0 fully saturated rings. The minimum atomic E-state index is -0.498. The van der Waals surface area contributed by atoms with Gasteiger partial charge in [0.05, 0.1) is 23.4 Å². The van der Waals surface area contributed by atoms with Crippen LogP contribution < -0.4 is 11.1 Å². The van der Waals surface area contributed by atoms with E-state index in [-0.39, 0.29) is 5.91 Å². The number of amides is 1. The molecule has 17 heavy (non-hydrogen) atoms. The van der Waals surface area contributed by atoms with Gasteiger partial charge in [0, 0.05) is 4.47 Å². The van der Waals surface area contributed by atoms with E-state index in [4.69, 9.17) is 11.0 Å². The molecule has 1 amide bonds. The molecule has 0 heterocycles. The van der Waals surface area contributed by atoms with Gasteiger partial charge in [0.1, 0.15) is 0 Å². The van der Waals surface area contributed by atoms with Gasteiger partial charge in [-0.05, 0) is 40.5 Å². The number of hydrogen-bond acceptors (Lipinski definition) is 3. The van der Waals surface area contributed by atoms with Crippen LogP contribution in [0.2, 0.25) is 0 Å². The Morgan fingerprint density at radius 3 is 2.88 bits per heavy atom. The maximum atomic E-state index is 11.7.